The molecule has 0 saturated carbocycles. The van der Waals surface area contributed by atoms with E-state index in [1.54, 1.807) is 18.4 Å². The first-order valence-corrected chi connectivity index (χ1v) is 6.35. The van der Waals surface area contributed by atoms with E-state index in [9.17, 15) is 0 Å². The van der Waals surface area contributed by atoms with Gasteiger partial charge in [-0.15, -0.1) is 11.3 Å². The van der Waals surface area contributed by atoms with E-state index in [-0.39, 0.29) is 0 Å². The molecule has 2 aromatic rings. The van der Waals surface area contributed by atoms with Gasteiger partial charge in [-0.2, -0.15) is 0 Å². The zero-order valence-electron chi connectivity index (χ0n) is 9.80. The number of imidazole rings is 1. The molecule has 0 aliphatic heterocycles. The molecule has 6 heteroatoms. The molecule has 1 N–H and O–H groups in total. The van der Waals surface area contributed by atoms with E-state index >= 15 is 0 Å². The van der Waals surface area contributed by atoms with Crippen LogP contribution in [0.2, 0.25) is 0 Å². The van der Waals surface area contributed by atoms with Gasteiger partial charge in [-0.1, -0.05) is 0 Å². The van der Waals surface area contributed by atoms with Crippen molar-refractivity contribution in [3.05, 3.63) is 34.8 Å². The van der Waals surface area contributed by atoms with Crippen molar-refractivity contribution < 1.29 is 4.74 Å². The van der Waals surface area contributed by atoms with Crippen LogP contribution < -0.4 is 5.32 Å². The Labute approximate surface area is 104 Å². The van der Waals surface area contributed by atoms with Crippen LogP contribution in [-0.4, -0.2) is 34.8 Å². The van der Waals surface area contributed by atoms with E-state index in [0.29, 0.717) is 0 Å². The molecule has 2 rings (SSSR count). The van der Waals surface area contributed by atoms with E-state index < -0.39 is 0 Å². The molecule has 0 amide bonds. The molecule has 17 heavy (non-hydrogen) atoms. The van der Waals surface area contributed by atoms with E-state index in [0.717, 1.165) is 36.9 Å². The van der Waals surface area contributed by atoms with Gasteiger partial charge in [-0.3, -0.25) is 0 Å². The molecule has 2 heterocycles. The molecule has 0 bridgehead atoms. The fourth-order valence-corrected chi connectivity index (χ4v) is 2.09. The van der Waals surface area contributed by atoms with E-state index in [1.165, 1.54) is 0 Å². The molecule has 2 aromatic heterocycles. The minimum Gasteiger partial charge on any atom is -0.383 e. The third kappa shape index (κ3) is 3.92. The number of thiazole rings is 1. The molecule has 0 spiro atoms. The Morgan fingerprint density at radius 2 is 2.41 bits per heavy atom. The number of nitrogens with one attached hydrogen (secondary N) is 1. The number of aromatic nitrogens is 3. The van der Waals surface area contributed by atoms with Crippen molar-refractivity contribution in [1.82, 2.24) is 19.9 Å². The summed E-state index contributed by atoms with van der Waals surface area (Å²) < 4.78 is 7.01. The van der Waals surface area contributed by atoms with Crippen LogP contribution in [-0.2, 0) is 17.8 Å². The lowest BCUT2D eigenvalue weighted by atomic mass is 10.4. The Kier molecular flexibility index (Phi) is 4.66. The Bertz CT molecular complexity index is 426. The van der Waals surface area contributed by atoms with Crippen molar-refractivity contribution in [3.8, 4) is 0 Å². The zero-order valence-corrected chi connectivity index (χ0v) is 10.6. The zero-order chi connectivity index (χ0) is 11.9. The number of ether oxygens (including phenoxy) is 1. The van der Waals surface area contributed by atoms with Crippen molar-refractivity contribution in [3.63, 3.8) is 0 Å². The number of hydrogen-bond donors (Lipinski definition) is 1. The maximum Gasteiger partial charge on any atom is 0.112 e. The van der Waals surface area contributed by atoms with Crippen molar-refractivity contribution in [2.24, 2.45) is 0 Å². The Balaban J connectivity index is 1.79. The van der Waals surface area contributed by atoms with Crippen LogP contribution in [0.25, 0.3) is 0 Å². The highest BCUT2D eigenvalue weighted by Crippen LogP contribution is 2.07. The summed E-state index contributed by atoms with van der Waals surface area (Å²) in [6.45, 7) is 3.13. The SMILES string of the molecule is COCCNCc1cn(Cc2nccs2)cn1. The van der Waals surface area contributed by atoms with Crippen molar-refractivity contribution in [2.75, 3.05) is 20.3 Å². The number of rotatable bonds is 7. The summed E-state index contributed by atoms with van der Waals surface area (Å²) in [5, 5.41) is 6.34. The second-order valence-electron chi connectivity index (χ2n) is 3.63. The standard InChI is InChI=1S/C11H16N4OS/c1-16-4-2-12-6-10-7-15(9-14-10)8-11-13-3-5-17-11/h3,5,7,9,12H,2,4,6,8H2,1H3. The fraction of sp³-hybridized carbons (Fsp3) is 0.455. The van der Waals surface area contributed by atoms with Gasteiger partial charge in [0, 0.05) is 38.0 Å². The van der Waals surface area contributed by atoms with E-state index in [4.69, 9.17) is 4.74 Å². The number of nitrogens with zero attached hydrogens (tertiary/aromatic N) is 3. The highest BCUT2D eigenvalue weighted by atomic mass is 32.1. The first kappa shape index (κ1) is 12.2. The van der Waals surface area contributed by atoms with Gasteiger partial charge in [0.05, 0.1) is 25.2 Å². The first-order valence-electron chi connectivity index (χ1n) is 5.47. The second-order valence-corrected chi connectivity index (χ2v) is 4.61. The number of methoxy groups -OCH3 is 1. The largest absolute Gasteiger partial charge is 0.383 e. The molecule has 5 nitrogen and oxygen atoms in total. The van der Waals surface area contributed by atoms with Gasteiger partial charge in [0.1, 0.15) is 5.01 Å². The summed E-state index contributed by atoms with van der Waals surface area (Å²) in [6, 6.07) is 0. The third-order valence-corrected chi connectivity index (χ3v) is 3.04. The van der Waals surface area contributed by atoms with Gasteiger partial charge in [-0.25, -0.2) is 9.97 Å². The monoisotopic (exact) mass is 252 g/mol. The lowest BCUT2D eigenvalue weighted by molar-refractivity contribution is 0.199. The molecule has 0 atom stereocenters. The molecule has 0 fully saturated rings. The average molecular weight is 252 g/mol. The lowest BCUT2D eigenvalue weighted by Crippen LogP contribution is -2.18. The van der Waals surface area contributed by atoms with Crippen LogP contribution in [0.15, 0.2) is 24.1 Å². The Hall–Kier alpha value is -1.24. The van der Waals surface area contributed by atoms with Crippen molar-refractivity contribution in [2.45, 2.75) is 13.1 Å². The average Bonchev–Trinajstić information content (AvgIpc) is 2.97. The molecule has 92 valence electrons. The molecule has 0 radical (unpaired) electrons. The molecule has 0 unspecified atom stereocenters. The van der Waals surface area contributed by atoms with Gasteiger partial charge >= 0.3 is 0 Å². The van der Waals surface area contributed by atoms with Gasteiger partial charge in [0.15, 0.2) is 0 Å². The topological polar surface area (TPSA) is 52.0 Å². The Morgan fingerprint density at radius 1 is 1.47 bits per heavy atom. The van der Waals surface area contributed by atoms with Crippen LogP contribution in [0.4, 0.5) is 0 Å². The summed E-state index contributed by atoms with van der Waals surface area (Å²) in [7, 11) is 1.70. The maximum atomic E-state index is 4.96. The van der Waals surface area contributed by atoms with Gasteiger partial charge in [-0.05, 0) is 0 Å². The maximum absolute atomic E-state index is 4.96. The normalized spacial score (nSPS) is 10.9. The van der Waals surface area contributed by atoms with Gasteiger partial charge < -0.3 is 14.6 Å². The van der Waals surface area contributed by atoms with Crippen LogP contribution >= 0.6 is 11.3 Å². The highest BCUT2D eigenvalue weighted by Gasteiger charge is 2.00. The fourth-order valence-electron chi connectivity index (χ4n) is 1.46. The lowest BCUT2D eigenvalue weighted by Gasteiger charge is -2.00. The highest BCUT2D eigenvalue weighted by molar-refractivity contribution is 7.09. The van der Waals surface area contributed by atoms with Crippen LogP contribution in [0.5, 0.6) is 0 Å². The quantitative estimate of drug-likeness (QED) is 0.750. The summed E-state index contributed by atoms with van der Waals surface area (Å²) in [4.78, 5) is 8.58. The molecule has 0 saturated heterocycles. The third-order valence-electron chi connectivity index (χ3n) is 2.28. The summed E-state index contributed by atoms with van der Waals surface area (Å²) in [5.74, 6) is 0. The van der Waals surface area contributed by atoms with Gasteiger partial charge in [0.25, 0.3) is 0 Å². The Morgan fingerprint density at radius 3 is 3.18 bits per heavy atom. The molecule has 0 aromatic carbocycles. The molecular weight excluding hydrogens is 236 g/mol. The molecular formula is C11H16N4OS. The second kappa shape index (κ2) is 6.48. The van der Waals surface area contributed by atoms with E-state index in [1.807, 2.05) is 28.7 Å². The van der Waals surface area contributed by atoms with Crippen LogP contribution in [0.3, 0.4) is 0 Å². The summed E-state index contributed by atoms with van der Waals surface area (Å²) in [5.41, 5.74) is 1.04. The smallest absolute Gasteiger partial charge is 0.112 e. The van der Waals surface area contributed by atoms with Crippen molar-refractivity contribution in [1.29, 1.82) is 0 Å². The predicted octanol–water partition coefficient (Wildman–Crippen LogP) is 1.12. The van der Waals surface area contributed by atoms with E-state index in [2.05, 4.69) is 15.3 Å². The van der Waals surface area contributed by atoms with Crippen LogP contribution in [0, 0.1) is 0 Å². The first-order chi connectivity index (χ1) is 8.38. The predicted molar refractivity (Wildman–Crippen MR) is 67.0 cm³/mol. The molecule has 0 aliphatic carbocycles. The minimum absolute atomic E-state index is 0.722. The summed E-state index contributed by atoms with van der Waals surface area (Å²) >= 11 is 1.66. The van der Waals surface area contributed by atoms with Crippen LogP contribution in [0.1, 0.15) is 10.7 Å². The van der Waals surface area contributed by atoms with Gasteiger partial charge in [0.2, 0.25) is 0 Å². The molecule has 0 aliphatic rings. The number of hydrogen-bond acceptors (Lipinski definition) is 5. The van der Waals surface area contributed by atoms with Crippen molar-refractivity contribution >= 4 is 11.3 Å². The minimum atomic E-state index is 0.722. The summed E-state index contributed by atoms with van der Waals surface area (Å²) in [6.07, 6.45) is 5.71.